The lowest BCUT2D eigenvalue weighted by molar-refractivity contribution is -0.152. The minimum absolute atomic E-state index is 0.0679. The fraction of sp³-hybridized carbons (Fsp3) is 0.667. The summed E-state index contributed by atoms with van der Waals surface area (Å²) in [6.45, 7) is 7.37. The largest absolute Gasteiger partial charge is 0.340 e. The molecule has 16 heavy (non-hydrogen) atoms. The summed E-state index contributed by atoms with van der Waals surface area (Å²) in [5.41, 5.74) is -0.821. The van der Waals surface area contributed by atoms with Crippen LogP contribution >= 0.6 is 0 Å². The van der Waals surface area contributed by atoms with Crippen LogP contribution in [0.4, 0.5) is 0 Å². The van der Waals surface area contributed by atoms with Gasteiger partial charge >= 0.3 is 0 Å². The number of nitrogens with one attached hydrogen (secondary N) is 1. The van der Waals surface area contributed by atoms with E-state index >= 15 is 0 Å². The molecule has 4 nitrogen and oxygen atoms in total. The Morgan fingerprint density at radius 2 is 2.06 bits per heavy atom. The summed E-state index contributed by atoms with van der Waals surface area (Å²) in [5.74, 6) is 5.43. The summed E-state index contributed by atoms with van der Waals surface area (Å²) in [6.07, 6.45) is 0.610. The summed E-state index contributed by atoms with van der Waals surface area (Å²) in [5, 5.41) is 2.73. The van der Waals surface area contributed by atoms with Gasteiger partial charge in [-0.15, -0.1) is 5.92 Å². The Morgan fingerprint density at radius 3 is 2.56 bits per heavy atom. The van der Waals surface area contributed by atoms with Gasteiger partial charge in [0.2, 0.25) is 11.8 Å². The van der Waals surface area contributed by atoms with Crippen molar-refractivity contribution < 1.29 is 9.59 Å². The van der Waals surface area contributed by atoms with Gasteiger partial charge in [0.1, 0.15) is 11.6 Å². The Bertz CT molecular complexity index is 363. The third-order valence-electron chi connectivity index (χ3n) is 2.72. The average Bonchev–Trinajstić information content (AvgIpc) is 2.20. The predicted molar refractivity (Wildman–Crippen MR) is 61.5 cm³/mol. The molecule has 1 atom stereocenters. The minimum Gasteiger partial charge on any atom is -0.340 e. The fourth-order valence-electron chi connectivity index (χ4n) is 1.84. The molecule has 0 aromatic heterocycles. The summed E-state index contributed by atoms with van der Waals surface area (Å²) >= 11 is 0. The van der Waals surface area contributed by atoms with E-state index in [9.17, 15) is 9.59 Å². The monoisotopic (exact) mass is 222 g/mol. The SMILES string of the molecule is CC#CCN1C(=O)C(C)(C)NC(=O)C1CC. The van der Waals surface area contributed by atoms with Crippen molar-refractivity contribution >= 4 is 11.8 Å². The van der Waals surface area contributed by atoms with Crippen molar-refractivity contribution in [3.8, 4) is 11.8 Å². The van der Waals surface area contributed by atoms with E-state index in [4.69, 9.17) is 0 Å². The van der Waals surface area contributed by atoms with E-state index in [1.807, 2.05) is 6.92 Å². The van der Waals surface area contributed by atoms with Gasteiger partial charge in [-0.25, -0.2) is 0 Å². The average molecular weight is 222 g/mol. The Hall–Kier alpha value is -1.50. The zero-order valence-electron chi connectivity index (χ0n) is 10.3. The fourth-order valence-corrected chi connectivity index (χ4v) is 1.84. The molecule has 0 saturated carbocycles. The molecule has 0 spiro atoms. The van der Waals surface area contributed by atoms with Crippen LogP contribution in [-0.2, 0) is 9.59 Å². The van der Waals surface area contributed by atoms with Crippen LogP contribution in [0.5, 0.6) is 0 Å². The van der Waals surface area contributed by atoms with Crippen molar-refractivity contribution in [3.05, 3.63) is 0 Å². The molecule has 0 bridgehead atoms. The third-order valence-corrected chi connectivity index (χ3v) is 2.72. The molecule has 0 aromatic rings. The lowest BCUT2D eigenvalue weighted by Crippen LogP contribution is -2.67. The van der Waals surface area contributed by atoms with Crippen LogP contribution in [0.25, 0.3) is 0 Å². The van der Waals surface area contributed by atoms with Crippen LogP contribution in [0, 0.1) is 11.8 Å². The quantitative estimate of drug-likeness (QED) is 0.693. The van der Waals surface area contributed by atoms with Gasteiger partial charge in [0, 0.05) is 0 Å². The number of carbonyl (C=O) groups is 2. The molecule has 0 aromatic carbocycles. The highest BCUT2D eigenvalue weighted by Crippen LogP contribution is 2.19. The second-order valence-electron chi connectivity index (χ2n) is 4.40. The van der Waals surface area contributed by atoms with Gasteiger partial charge in [-0.05, 0) is 27.2 Å². The normalized spacial score (nSPS) is 23.5. The molecule has 0 aliphatic carbocycles. The summed E-state index contributed by atoms with van der Waals surface area (Å²) < 4.78 is 0. The van der Waals surface area contributed by atoms with E-state index < -0.39 is 5.54 Å². The van der Waals surface area contributed by atoms with E-state index in [2.05, 4.69) is 17.2 Å². The first-order chi connectivity index (χ1) is 7.44. The van der Waals surface area contributed by atoms with E-state index in [0.29, 0.717) is 13.0 Å². The molecule has 1 heterocycles. The topological polar surface area (TPSA) is 49.4 Å². The Morgan fingerprint density at radius 1 is 1.44 bits per heavy atom. The molecule has 0 radical (unpaired) electrons. The number of amides is 2. The number of hydrogen-bond acceptors (Lipinski definition) is 2. The summed E-state index contributed by atoms with van der Waals surface area (Å²) in [7, 11) is 0. The van der Waals surface area contributed by atoms with Crippen molar-refractivity contribution in [1.29, 1.82) is 0 Å². The Labute approximate surface area is 96.4 Å². The standard InChI is InChI=1S/C12H18N2O2/c1-5-7-8-14-9(6-2)10(15)13-12(3,4)11(14)16/h9H,6,8H2,1-4H3,(H,13,15). The first-order valence-corrected chi connectivity index (χ1v) is 5.46. The highest BCUT2D eigenvalue weighted by molar-refractivity contribution is 5.99. The molecular weight excluding hydrogens is 204 g/mol. The summed E-state index contributed by atoms with van der Waals surface area (Å²) in [4.78, 5) is 25.5. The number of piperazine rings is 1. The molecule has 1 aliphatic rings. The number of carbonyl (C=O) groups excluding carboxylic acids is 2. The van der Waals surface area contributed by atoms with Crippen molar-refractivity contribution in [2.45, 2.75) is 45.7 Å². The number of rotatable bonds is 2. The van der Waals surface area contributed by atoms with Crippen LogP contribution in [0.15, 0.2) is 0 Å². The van der Waals surface area contributed by atoms with E-state index in [1.54, 1.807) is 25.7 Å². The van der Waals surface area contributed by atoms with E-state index in [1.165, 1.54) is 0 Å². The van der Waals surface area contributed by atoms with Crippen molar-refractivity contribution in [1.82, 2.24) is 10.2 Å². The van der Waals surface area contributed by atoms with E-state index in [-0.39, 0.29) is 17.9 Å². The predicted octanol–water partition coefficient (Wildman–Crippen LogP) is 0.525. The molecule has 4 heteroatoms. The molecule has 1 N–H and O–H groups in total. The molecule has 1 unspecified atom stereocenters. The zero-order valence-corrected chi connectivity index (χ0v) is 10.3. The highest BCUT2D eigenvalue weighted by Gasteiger charge is 2.43. The van der Waals surface area contributed by atoms with Crippen LogP contribution < -0.4 is 5.32 Å². The van der Waals surface area contributed by atoms with Crippen LogP contribution in [0.3, 0.4) is 0 Å². The van der Waals surface area contributed by atoms with Crippen molar-refractivity contribution in [2.75, 3.05) is 6.54 Å². The first-order valence-electron chi connectivity index (χ1n) is 5.46. The molecule has 88 valence electrons. The van der Waals surface area contributed by atoms with Gasteiger partial charge in [-0.3, -0.25) is 9.59 Å². The maximum atomic E-state index is 12.1. The van der Waals surface area contributed by atoms with Gasteiger partial charge < -0.3 is 10.2 Å². The van der Waals surface area contributed by atoms with Crippen LogP contribution in [0.1, 0.15) is 34.1 Å². The maximum absolute atomic E-state index is 12.1. The molecule has 1 aliphatic heterocycles. The van der Waals surface area contributed by atoms with Crippen LogP contribution in [0.2, 0.25) is 0 Å². The second kappa shape index (κ2) is 4.56. The molecule has 1 rings (SSSR count). The van der Waals surface area contributed by atoms with Crippen molar-refractivity contribution in [2.24, 2.45) is 0 Å². The number of nitrogens with zero attached hydrogens (tertiary/aromatic N) is 1. The van der Waals surface area contributed by atoms with Gasteiger partial charge in [0.05, 0.1) is 6.54 Å². The first kappa shape index (κ1) is 12.6. The molecule has 2 amide bonds. The highest BCUT2D eigenvalue weighted by atomic mass is 16.2. The second-order valence-corrected chi connectivity index (χ2v) is 4.40. The Kier molecular flexibility index (Phi) is 3.58. The van der Waals surface area contributed by atoms with Crippen molar-refractivity contribution in [3.63, 3.8) is 0 Å². The third kappa shape index (κ3) is 2.19. The zero-order chi connectivity index (χ0) is 12.3. The minimum atomic E-state index is -0.821. The van der Waals surface area contributed by atoms with Gasteiger partial charge in [0.15, 0.2) is 0 Å². The molecular formula is C12H18N2O2. The molecule has 1 saturated heterocycles. The number of hydrogen-bond donors (Lipinski definition) is 1. The van der Waals surface area contributed by atoms with Gasteiger partial charge in [-0.1, -0.05) is 12.8 Å². The van der Waals surface area contributed by atoms with Gasteiger partial charge in [0.25, 0.3) is 0 Å². The Balaban J connectivity index is 2.99. The maximum Gasteiger partial charge on any atom is 0.249 e. The van der Waals surface area contributed by atoms with Crippen LogP contribution in [-0.4, -0.2) is 34.8 Å². The smallest absolute Gasteiger partial charge is 0.249 e. The van der Waals surface area contributed by atoms with Gasteiger partial charge in [-0.2, -0.15) is 0 Å². The van der Waals surface area contributed by atoms with E-state index in [0.717, 1.165) is 0 Å². The lowest BCUT2D eigenvalue weighted by Gasteiger charge is -2.41. The molecule has 1 fully saturated rings. The summed E-state index contributed by atoms with van der Waals surface area (Å²) in [6, 6.07) is -0.388. The lowest BCUT2D eigenvalue weighted by atomic mass is 9.96.